The first-order valence-corrected chi connectivity index (χ1v) is 6.49. The van der Waals surface area contributed by atoms with Crippen molar-refractivity contribution in [2.45, 2.75) is 6.92 Å². The Morgan fingerprint density at radius 2 is 1.95 bits per heavy atom. The highest BCUT2D eigenvalue weighted by atomic mass is 35.5. The second-order valence-electron chi connectivity index (χ2n) is 4.12. The lowest BCUT2D eigenvalue weighted by Crippen LogP contribution is -2.20. The van der Waals surface area contributed by atoms with Crippen molar-refractivity contribution in [3.05, 3.63) is 58.7 Å². The fourth-order valence-electron chi connectivity index (χ4n) is 1.67. The van der Waals surface area contributed by atoms with Crippen molar-refractivity contribution in [1.29, 1.82) is 0 Å². The number of para-hydroxylation sites is 1. The average Bonchev–Trinajstić information content (AvgIpc) is 2.40. The van der Waals surface area contributed by atoms with Gasteiger partial charge in [-0.2, -0.15) is 0 Å². The third-order valence-electron chi connectivity index (χ3n) is 2.59. The first-order chi connectivity index (χ1) is 9.08. The maximum atomic E-state index is 5.93. The van der Waals surface area contributed by atoms with E-state index in [0.29, 0.717) is 22.5 Å². The van der Waals surface area contributed by atoms with E-state index in [-0.39, 0.29) is 0 Å². The van der Waals surface area contributed by atoms with E-state index in [4.69, 9.17) is 23.2 Å². The molecule has 19 heavy (non-hydrogen) atoms. The zero-order valence-electron chi connectivity index (χ0n) is 10.5. The molecule has 0 fully saturated rings. The molecule has 0 aliphatic rings. The van der Waals surface area contributed by atoms with E-state index >= 15 is 0 Å². The third kappa shape index (κ3) is 3.46. The second-order valence-corrected chi connectivity index (χ2v) is 5.01. The van der Waals surface area contributed by atoms with Crippen LogP contribution in [-0.2, 0) is 0 Å². The fraction of sp³-hybridized carbons (Fsp3) is 0.143. The van der Waals surface area contributed by atoms with Crippen LogP contribution in [0.4, 0.5) is 11.5 Å². The molecule has 2 aromatic rings. The summed E-state index contributed by atoms with van der Waals surface area (Å²) >= 11 is 11.8. The first-order valence-electron chi connectivity index (χ1n) is 5.73. The average molecular weight is 294 g/mol. The molecule has 0 bridgehead atoms. The Morgan fingerprint density at radius 3 is 2.53 bits per heavy atom. The molecule has 1 heterocycles. The van der Waals surface area contributed by atoms with Gasteiger partial charge in [0.25, 0.3) is 0 Å². The van der Waals surface area contributed by atoms with Gasteiger partial charge in [-0.3, -0.25) is 0 Å². The molecule has 0 atom stereocenters. The molecule has 0 saturated heterocycles. The van der Waals surface area contributed by atoms with Crippen LogP contribution in [-0.4, -0.2) is 16.7 Å². The van der Waals surface area contributed by atoms with Gasteiger partial charge in [-0.05, 0) is 30.7 Å². The molecule has 0 spiro atoms. The largest absolute Gasteiger partial charge is 0.320 e. The second kappa shape index (κ2) is 6.04. The minimum Gasteiger partial charge on any atom is -0.320 e. The van der Waals surface area contributed by atoms with Gasteiger partial charge in [0.05, 0.1) is 6.54 Å². The van der Waals surface area contributed by atoms with Gasteiger partial charge in [0.1, 0.15) is 0 Å². The summed E-state index contributed by atoms with van der Waals surface area (Å²) in [4.78, 5) is 1.94. The van der Waals surface area contributed by atoms with Crippen molar-refractivity contribution in [2.24, 2.45) is 0 Å². The fourth-order valence-corrected chi connectivity index (χ4v) is 1.88. The molecule has 0 aliphatic heterocycles. The SMILES string of the molecule is C=C(Cl)CN(c1ccccc1)c1cc(C)c(Cl)nn1. The molecule has 3 nitrogen and oxygen atoms in total. The number of hydrogen-bond donors (Lipinski definition) is 0. The molecule has 1 aromatic heterocycles. The predicted octanol–water partition coefficient (Wildman–Crippen LogP) is 4.33. The van der Waals surface area contributed by atoms with Crippen molar-refractivity contribution in [3.8, 4) is 0 Å². The minimum atomic E-state index is 0.404. The van der Waals surface area contributed by atoms with Crippen molar-refractivity contribution in [3.63, 3.8) is 0 Å². The monoisotopic (exact) mass is 293 g/mol. The molecule has 0 saturated carbocycles. The Kier molecular flexibility index (Phi) is 4.40. The summed E-state index contributed by atoms with van der Waals surface area (Å²) in [5.41, 5.74) is 1.84. The maximum absolute atomic E-state index is 5.93. The highest BCUT2D eigenvalue weighted by Gasteiger charge is 2.13. The summed E-state index contributed by atoms with van der Waals surface area (Å²) in [5, 5.41) is 8.98. The van der Waals surface area contributed by atoms with Gasteiger partial charge in [-0.1, -0.05) is 48.0 Å². The highest BCUT2D eigenvalue weighted by molar-refractivity contribution is 6.30. The summed E-state index contributed by atoms with van der Waals surface area (Å²) in [5.74, 6) is 0.690. The van der Waals surface area contributed by atoms with Crippen molar-refractivity contribution < 1.29 is 0 Å². The van der Waals surface area contributed by atoms with Gasteiger partial charge >= 0.3 is 0 Å². The zero-order valence-corrected chi connectivity index (χ0v) is 12.0. The standard InChI is InChI=1S/C14H13Cl2N3/c1-10-8-13(17-18-14(10)16)19(9-11(2)15)12-6-4-3-5-7-12/h3-8H,2,9H2,1H3. The van der Waals surface area contributed by atoms with Crippen LogP contribution >= 0.6 is 23.2 Å². The van der Waals surface area contributed by atoms with Gasteiger partial charge in [-0.15, -0.1) is 10.2 Å². The van der Waals surface area contributed by atoms with Gasteiger partial charge < -0.3 is 4.90 Å². The minimum absolute atomic E-state index is 0.404. The number of aryl methyl sites for hydroxylation is 1. The molecule has 0 amide bonds. The van der Waals surface area contributed by atoms with E-state index in [1.54, 1.807) is 0 Å². The molecular formula is C14H13Cl2N3. The van der Waals surface area contributed by atoms with E-state index in [2.05, 4.69) is 16.8 Å². The summed E-state index contributed by atoms with van der Waals surface area (Å²) in [6.07, 6.45) is 0. The normalized spacial score (nSPS) is 10.3. The lowest BCUT2D eigenvalue weighted by atomic mass is 10.2. The molecule has 98 valence electrons. The smallest absolute Gasteiger partial charge is 0.156 e. The number of rotatable bonds is 4. The van der Waals surface area contributed by atoms with Crippen molar-refractivity contribution in [2.75, 3.05) is 11.4 Å². The van der Waals surface area contributed by atoms with Gasteiger partial charge in [0, 0.05) is 10.7 Å². The van der Waals surface area contributed by atoms with E-state index in [1.807, 2.05) is 48.2 Å². The van der Waals surface area contributed by atoms with Crippen LogP contribution < -0.4 is 4.90 Å². The maximum Gasteiger partial charge on any atom is 0.156 e. The van der Waals surface area contributed by atoms with Crippen molar-refractivity contribution in [1.82, 2.24) is 10.2 Å². The van der Waals surface area contributed by atoms with Crippen LogP contribution in [0.15, 0.2) is 48.0 Å². The summed E-state index contributed by atoms with van der Waals surface area (Å²) < 4.78 is 0. The molecular weight excluding hydrogens is 281 g/mol. The van der Waals surface area contributed by atoms with Crippen LogP contribution in [0.1, 0.15) is 5.56 Å². The van der Waals surface area contributed by atoms with E-state index in [1.165, 1.54) is 0 Å². The number of nitrogens with zero attached hydrogens (tertiary/aromatic N) is 3. The summed E-state index contributed by atoms with van der Waals surface area (Å²) in [7, 11) is 0. The van der Waals surface area contributed by atoms with Crippen LogP contribution in [0.5, 0.6) is 0 Å². The van der Waals surface area contributed by atoms with Crippen LogP contribution in [0, 0.1) is 6.92 Å². The lowest BCUT2D eigenvalue weighted by Gasteiger charge is -2.23. The quantitative estimate of drug-likeness (QED) is 0.840. The summed E-state index contributed by atoms with van der Waals surface area (Å²) in [6.45, 7) is 6.08. The lowest BCUT2D eigenvalue weighted by molar-refractivity contribution is 0.947. The summed E-state index contributed by atoms with van der Waals surface area (Å²) in [6, 6.07) is 11.7. The molecule has 0 N–H and O–H groups in total. The molecule has 2 rings (SSSR count). The van der Waals surface area contributed by atoms with Gasteiger partial charge in [0.15, 0.2) is 11.0 Å². The number of hydrogen-bond acceptors (Lipinski definition) is 3. The molecule has 0 radical (unpaired) electrons. The first kappa shape index (κ1) is 13.8. The molecule has 0 unspecified atom stereocenters. The zero-order chi connectivity index (χ0) is 13.8. The highest BCUT2D eigenvalue weighted by Crippen LogP contribution is 2.26. The van der Waals surface area contributed by atoms with E-state index in [9.17, 15) is 0 Å². The van der Waals surface area contributed by atoms with Gasteiger partial charge in [0.2, 0.25) is 0 Å². The number of aromatic nitrogens is 2. The van der Waals surface area contributed by atoms with E-state index in [0.717, 1.165) is 11.3 Å². The molecule has 1 aromatic carbocycles. The Labute approximate surface area is 122 Å². The Morgan fingerprint density at radius 1 is 1.26 bits per heavy atom. The molecule has 0 aliphatic carbocycles. The van der Waals surface area contributed by atoms with Gasteiger partial charge in [-0.25, -0.2) is 0 Å². The van der Waals surface area contributed by atoms with Crippen LogP contribution in [0.2, 0.25) is 5.15 Å². The van der Waals surface area contributed by atoms with Crippen LogP contribution in [0.25, 0.3) is 0 Å². The number of benzene rings is 1. The topological polar surface area (TPSA) is 29.0 Å². The number of anilines is 2. The van der Waals surface area contributed by atoms with Crippen molar-refractivity contribution >= 4 is 34.7 Å². The Balaban J connectivity index is 2.42. The third-order valence-corrected chi connectivity index (χ3v) is 3.08. The van der Waals surface area contributed by atoms with E-state index < -0.39 is 0 Å². The number of halogens is 2. The molecule has 5 heteroatoms. The predicted molar refractivity (Wildman–Crippen MR) is 80.2 cm³/mol. The Hall–Kier alpha value is -1.58. The van der Waals surface area contributed by atoms with Crippen LogP contribution in [0.3, 0.4) is 0 Å². The Bertz CT molecular complexity index is 584.